The molecule has 1 aliphatic heterocycles. The average molecular weight is 590 g/mol. The van der Waals surface area contributed by atoms with Crippen molar-refractivity contribution in [1.29, 1.82) is 0 Å². The van der Waals surface area contributed by atoms with Gasteiger partial charge in [0.25, 0.3) is 0 Å². The van der Waals surface area contributed by atoms with Crippen molar-refractivity contribution in [2.75, 3.05) is 45.8 Å². The topological polar surface area (TPSA) is 232 Å². The maximum atomic E-state index is 13.5. The Hall–Kier alpha value is -2.92. The quantitative estimate of drug-likeness (QED) is 0.132. The summed E-state index contributed by atoms with van der Waals surface area (Å²) in [6.07, 6.45) is -2.72. The number of carbonyl (C=O) groups is 2. The summed E-state index contributed by atoms with van der Waals surface area (Å²) in [7, 11) is -2.50. The Labute approximate surface area is 230 Å². The molecule has 3 rings (SSSR count). The van der Waals surface area contributed by atoms with Crippen LogP contribution in [0.1, 0.15) is 39.8 Å². The van der Waals surface area contributed by atoms with E-state index >= 15 is 0 Å². The summed E-state index contributed by atoms with van der Waals surface area (Å²) in [4.78, 5) is 35.7. The van der Waals surface area contributed by atoms with Gasteiger partial charge < -0.3 is 39.4 Å². The van der Waals surface area contributed by atoms with Crippen LogP contribution in [0.2, 0.25) is 0 Å². The van der Waals surface area contributed by atoms with Gasteiger partial charge in [-0.2, -0.15) is 9.97 Å². The third-order valence-corrected chi connectivity index (χ3v) is 7.73. The molecule has 0 aromatic carbocycles. The number of aromatic nitrogens is 4. The molecule has 0 spiro atoms. The van der Waals surface area contributed by atoms with Gasteiger partial charge in [-0.15, -0.1) is 0 Å². The number of nitrogens with zero attached hydrogens (tertiary/aromatic N) is 4. The number of aliphatic hydroxyl groups excluding tert-OH is 1. The second kappa shape index (κ2) is 13.6. The molecule has 2 aromatic heterocycles. The highest BCUT2D eigenvalue weighted by Gasteiger charge is 2.54. The van der Waals surface area contributed by atoms with E-state index in [0.29, 0.717) is 0 Å². The lowest BCUT2D eigenvalue weighted by Crippen LogP contribution is -2.44. The van der Waals surface area contributed by atoms with Crippen LogP contribution in [0.25, 0.3) is 11.2 Å². The number of methoxy groups -OCH3 is 1. The largest absolute Gasteiger partial charge is 0.479 e. The second-order valence-corrected chi connectivity index (χ2v) is 10.9. The third kappa shape index (κ3) is 7.42. The van der Waals surface area contributed by atoms with E-state index in [1.54, 1.807) is 13.8 Å². The van der Waals surface area contributed by atoms with Crippen molar-refractivity contribution >= 4 is 36.7 Å². The molecule has 6 N–H and O–H groups in total. The van der Waals surface area contributed by atoms with E-state index in [1.807, 2.05) is 0 Å². The Balaban J connectivity index is 1.74. The summed E-state index contributed by atoms with van der Waals surface area (Å²) in [5.41, 5.74) is 4.35. The average Bonchev–Trinajstić information content (AvgIpc) is 3.40. The number of esters is 2. The number of carbonyl (C=O) groups excluding carboxylic acids is 2. The van der Waals surface area contributed by atoms with Gasteiger partial charge in [0.15, 0.2) is 17.4 Å². The Morgan fingerprint density at radius 3 is 2.33 bits per heavy atom. The Bertz CT molecular complexity index is 1200. The van der Waals surface area contributed by atoms with Crippen molar-refractivity contribution in [2.24, 2.45) is 0 Å². The third-order valence-electron chi connectivity index (χ3n) is 5.94. The van der Waals surface area contributed by atoms with Gasteiger partial charge in [0.2, 0.25) is 11.8 Å². The van der Waals surface area contributed by atoms with E-state index in [0.717, 1.165) is 0 Å². The number of fused-ring (bicyclic) bond motifs is 1. The van der Waals surface area contributed by atoms with Crippen LogP contribution in [0.5, 0.6) is 5.88 Å². The first kappa shape index (κ1) is 31.6. The molecule has 2 unspecified atom stereocenters. The number of nitrogens with one attached hydrogen (secondary N) is 2. The highest BCUT2D eigenvalue weighted by atomic mass is 31.2. The summed E-state index contributed by atoms with van der Waals surface area (Å²) in [6, 6.07) is 0. The van der Waals surface area contributed by atoms with Crippen LogP contribution in [-0.2, 0) is 32.9 Å². The number of ether oxygens (including phenoxy) is 4. The lowest BCUT2D eigenvalue weighted by atomic mass is 9.96. The predicted octanol–water partition coefficient (Wildman–Crippen LogP) is -0.363. The van der Waals surface area contributed by atoms with Crippen molar-refractivity contribution in [3.63, 3.8) is 0 Å². The molecule has 0 aliphatic carbocycles. The molecule has 0 amide bonds. The summed E-state index contributed by atoms with van der Waals surface area (Å²) in [6.45, 7) is 4.48. The highest BCUT2D eigenvalue weighted by molar-refractivity contribution is 7.54. The van der Waals surface area contributed by atoms with Crippen LogP contribution < -0.4 is 20.6 Å². The molecule has 1 fully saturated rings. The molecule has 18 heteroatoms. The van der Waals surface area contributed by atoms with Crippen LogP contribution in [0.15, 0.2) is 6.33 Å². The molecule has 224 valence electrons. The monoisotopic (exact) mass is 589 g/mol. The lowest BCUT2D eigenvalue weighted by molar-refractivity contribution is -0.143. The molecule has 2 aromatic rings. The van der Waals surface area contributed by atoms with Gasteiger partial charge in [-0.1, -0.05) is 0 Å². The highest BCUT2D eigenvalue weighted by Crippen LogP contribution is 2.43. The molecule has 4 atom stereocenters. The van der Waals surface area contributed by atoms with Crippen LogP contribution in [-0.4, -0.2) is 99.5 Å². The molecule has 17 nitrogen and oxygen atoms in total. The van der Waals surface area contributed by atoms with E-state index in [9.17, 15) is 24.4 Å². The van der Waals surface area contributed by atoms with E-state index in [4.69, 9.17) is 29.2 Å². The standard InChI is InChI=1S/C22H36N7O10P/c1-5-36-14(30)7-9-25-40(34,26-10-8-15(31)37-6-2)38-11-13-17(32)22(3,33)20(39-13)29-12-24-16-18(29)27-21(23)28-19(16)35-4/h12-13,17,20,32-33H,5-11H2,1-4H3,(H2,23,27,28)(H2,25,26,34)/t13-,17+,20?,22?/m1/s1. The maximum absolute atomic E-state index is 13.5. The van der Waals surface area contributed by atoms with Gasteiger partial charge in [-0.05, 0) is 20.8 Å². The van der Waals surface area contributed by atoms with Crippen LogP contribution in [0.4, 0.5) is 5.95 Å². The normalized spacial score (nSPS) is 22.9. The van der Waals surface area contributed by atoms with E-state index < -0.39 is 50.3 Å². The number of hydrogen-bond donors (Lipinski definition) is 5. The second-order valence-electron chi connectivity index (χ2n) is 8.89. The van der Waals surface area contributed by atoms with Gasteiger partial charge in [0.05, 0.1) is 46.1 Å². The van der Waals surface area contributed by atoms with Gasteiger partial charge in [-0.3, -0.25) is 18.7 Å². The number of imidazole rings is 1. The minimum Gasteiger partial charge on any atom is -0.479 e. The fourth-order valence-electron chi connectivity index (χ4n) is 4.00. The number of nitrogens with two attached hydrogens (primary N) is 1. The predicted molar refractivity (Wildman–Crippen MR) is 139 cm³/mol. The number of hydrogen-bond acceptors (Lipinski definition) is 14. The number of nitrogen functional groups attached to an aromatic ring is 1. The molecular formula is C22H36N7O10P. The first-order valence-electron chi connectivity index (χ1n) is 12.6. The first-order chi connectivity index (χ1) is 19.0. The van der Waals surface area contributed by atoms with Crippen molar-refractivity contribution in [2.45, 2.75) is 57.6 Å². The summed E-state index contributed by atoms with van der Waals surface area (Å²) in [5, 5.41) is 27.4. The lowest BCUT2D eigenvalue weighted by Gasteiger charge is -2.27. The van der Waals surface area contributed by atoms with Crippen LogP contribution in [0, 0.1) is 0 Å². The smallest absolute Gasteiger partial charge is 0.340 e. The number of anilines is 1. The zero-order valence-corrected chi connectivity index (χ0v) is 23.6. The van der Waals surface area contributed by atoms with Gasteiger partial charge in [0, 0.05) is 13.1 Å². The molecule has 0 saturated carbocycles. The first-order valence-corrected chi connectivity index (χ1v) is 14.2. The molecule has 3 heterocycles. The molecule has 40 heavy (non-hydrogen) atoms. The molecule has 1 saturated heterocycles. The van der Waals surface area contributed by atoms with Crippen molar-refractivity contribution in [1.82, 2.24) is 29.7 Å². The van der Waals surface area contributed by atoms with Gasteiger partial charge in [0.1, 0.15) is 17.8 Å². The van der Waals surface area contributed by atoms with Crippen molar-refractivity contribution < 1.29 is 47.8 Å². The van der Waals surface area contributed by atoms with Gasteiger partial charge >= 0.3 is 19.6 Å². The summed E-state index contributed by atoms with van der Waals surface area (Å²) in [5.74, 6) is -0.999. The van der Waals surface area contributed by atoms with E-state index in [2.05, 4.69) is 25.1 Å². The molecule has 1 aliphatic rings. The zero-order valence-electron chi connectivity index (χ0n) is 22.7. The minimum atomic E-state index is -3.89. The maximum Gasteiger partial charge on any atom is 0.340 e. The van der Waals surface area contributed by atoms with Crippen LogP contribution >= 0.6 is 7.67 Å². The molecule has 0 bridgehead atoms. The summed E-state index contributed by atoms with van der Waals surface area (Å²) < 4.78 is 41.3. The minimum absolute atomic E-state index is 0.0685. The SMILES string of the molecule is CCOC(=O)CCNP(=O)(NCCC(=O)OCC)OC[C@H]1OC(n2cnc3c(OC)nc(N)nc32)C(C)(O)[C@H]1O. The van der Waals surface area contributed by atoms with Gasteiger partial charge in [-0.25, -0.2) is 15.2 Å². The fraction of sp³-hybridized carbons (Fsp3) is 0.682. The molecular weight excluding hydrogens is 553 g/mol. The van der Waals surface area contributed by atoms with Crippen molar-refractivity contribution in [3.05, 3.63) is 6.33 Å². The Morgan fingerprint density at radius 1 is 1.18 bits per heavy atom. The van der Waals surface area contributed by atoms with Crippen molar-refractivity contribution in [3.8, 4) is 5.88 Å². The molecule has 0 radical (unpaired) electrons. The summed E-state index contributed by atoms with van der Waals surface area (Å²) >= 11 is 0. The number of rotatable bonds is 15. The van der Waals surface area contributed by atoms with Crippen LogP contribution in [0.3, 0.4) is 0 Å². The Kier molecular flexibility index (Phi) is 10.8. The Morgan fingerprint density at radius 2 is 1.77 bits per heavy atom. The zero-order chi connectivity index (χ0) is 29.5. The van der Waals surface area contributed by atoms with E-state index in [1.165, 1.54) is 24.9 Å². The fourth-order valence-corrected chi connectivity index (χ4v) is 5.46. The number of aliphatic hydroxyl groups is 2. The van der Waals surface area contributed by atoms with E-state index in [-0.39, 0.29) is 62.1 Å².